The second-order valence-electron chi connectivity index (χ2n) is 11.0. The highest BCUT2D eigenvalue weighted by Crippen LogP contribution is 2.57. The number of thioether (sulfide) groups is 1. The highest BCUT2D eigenvalue weighted by atomic mass is 32.2. The molecule has 7 heteroatoms. The summed E-state index contributed by atoms with van der Waals surface area (Å²) in [5, 5.41) is 6.96. The molecule has 0 spiro atoms. The molecule has 45 heavy (non-hydrogen) atoms. The summed E-state index contributed by atoms with van der Waals surface area (Å²) >= 11 is 3.58. The van der Waals surface area contributed by atoms with Gasteiger partial charge >= 0.3 is 0 Å². The van der Waals surface area contributed by atoms with Crippen molar-refractivity contribution in [2.75, 3.05) is 12.0 Å². The van der Waals surface area contributed by atoms with Crippen LogP contribution in [0.1, 0.15) is 28.4 Å². The molecule has 0 radical (unpaired) electrons. The van der Waals surface area contributed by atoms with E-state index in [-0.39, 0.29) is 5.25 Å². The molecule has 0 saturated carbocycles. The molecule has 220 valence electrons. The standard InChI is InChI=1S/C38H29N3O2S2/c1-42-29-22-20-26(21-23-29)36-40-43-38(28-13-4-2-5-14-28)25-35(45-34-19-11-10-18-33(34)41(36)38)31-24-27-12-8-9-17-32(27)39-37(31)44-30-15-6-3-7-16-30/h2-24,35H,25H2,1H3. The maximum absolute atomic E-state index is 6.73. The van der Waals surface area contributed by atoms with Gasteiger partial charge in [-0.1, -0.05) is 95.8 Å². The molecule has 8 rings (SSSR count). The summed E-state index contributed by atoms with van der Waals surface area (Å²) in [7, 11) is 1.68. The largest absolute Gasteiger partial charge is 0.497 e. The summed E-state index contributed by atoms with van der Waals surface area (Å²) in [6.45, 7) is 0. The van der Waals surface area contributed by atoms with E-state index in [1.54, 1.807) is 18.9 Å². The molecule has 0 fully saturated rings. The van der Waals surface area contributed by atoms with Gasteiger partial charge < -0.3 is 9.57 Å². The van der Waals surface area contributed by atoms with Crippen LogP contribution in [0.25, 0.3) is 10.9 Å². The number of hydrogen-bond acceptors (Lipinski definition) is 7. The summed E-state index contributed by atoms with van der Waals surface area (Å²) in [6.07, 6.45) is 0.641. The third kappa shape index (κ3) is 5.02. The summed E-state index contributed by atoms with van der Waals surface area (Å²) in [5.74, 6) is 1.57. The number of aromatic nitrogens is 1. The van der Waals surface area contributed by atoms with Gasteiger partial charge in [0, 0.05) is 38.0 Å². The Balaban J connectivity index is 1.32. The second kappa shape index (κ2) is 11.7. The number of benzene rings is 5. The fourth-order valence-corrected chi connectivity index (χ4v) is 8.53. The summed E-state index contributed by atoms with van der Waals surface area (Å²) < 4.78 is 5.46. The lowest BCUT2D eigenvalue weighted by Crippen LogP contribution is -2.47. The Hall–Kier alpha value is -4.72. The monoisotopic (exact) mass is 623 g/mol. The number of pyridine rings is 1. The van der Waals surface area contributed by atoms with Crippen LogP contribution >= 0.6 is 23.5 Å². The van der Waals surface area contributed by atoms with Gasteiger partial charge in [-0.2, -0.15) is 0 Å². The third-order valence-corrected chi connectivity index (χ3v) is 10.6. The molecule has 0 N–H and O–H groups in total. The van der Waals surface area contributed by atoms with Gasteiger partial charge in [-0.05, 0) is 66.2 Å². The number of ether oxygens (including phenoxy) is 1. The van der Waals surface area contributed by atoms with Crippen LogP contribution in [0, 0.1) is 0 Å². The number of oxime groups is 1. The first-order chi connectivity index (χ1) is 22.2. The van der Waals surface area contributed by atoms with E-state index < -0.39 is 5.72 Å². The highest BCUT2D eigenvalue weighted by molar-refractivity contribution is 8.00. The predicted molar refractivity (Wildman–Crippen MR) is 183 cm³/mol. The van der Waals surface area contributed by atoms with Crippen molar-refractivity contribution in [1.29, 1.82) is 0 Å². The van der Waals surface area contributed by atoms with Gasteiger partial charge in [0.25, 0.3) is 0 Å². The lowest BCUT2D eigenvalue weighted by Gasteiger charge is -2.38. The highest BCUT2D eigenvalue weighted by Gasteiger charge is 2.53. The first-order valence-electron chi connectivity index (χ1n) is 14.9. The lowest BCUT2D eigenvalue weighted by atomic mass is 9.92. The van der Waals surface area contributed by atoms with E-state index in [0.29, 0.717) is 6.42 Å². The van der Waals surface area contributed by atoms with E-state index in [1.807, 2.05) is 48.2 Å². The number of nitrogens with zero attached hydrogens (tertiary/aromatic N) is 3. The predicted octanol–water partition coefficient (Wildman–Crippen LogP) is 9.68. The van der Waals surface area contributed by atoms with E-state index in [1.165, 1.54) is 5.56 Å². The van der Waals surface area contributed by atoms with Crippen molar-refractivity contribution < 1.29 is 9.57 Å². The van der Waals surface area contributed by atoms with Crippen molar-refractivity contribution in [2.24, 2.45) is 5.16 Å². The number of fused-ring (bicyclic) bond motifs is 4. The number of para-hydroxylation sites is 2. The number of rotatable bonds is 6. The van der Waals surface area contributed by atoms with Gasteiger partial charge in [-0.3, -0.25) is 4.90 Å². The molecule has 2 aliphatic rings. The third-order valence-electron chi connectivity index (χ3n) is 8.29. The van der Waals surface area contributed by atoms with Crippen molar-refractivity contribution in [3.05, 3.63) is 156 Å². The molecule has 6 aromatic rings. The van der Waals surface area contributed by atoms with Crippen LogP contribution in [0.4, 0.5) is 5.69 Å². The molecule has 5 nitrogen and oxygen atoms in total. The molecule has 1 aromatic heterocycles. The van der Waals surface area contributed by atoms with Crippen molar-refractivity contribution in [1.82, 2.24) is 4.98 Å². The average molecular weight is 624 g/mol. The molecule has 3 heterocycles. The molecular weight excluding hydrogens is 595 g/mol. The molecule has 2 atom stereocenters. The van der Waals surface area contributed by atoms with Crippen molar-refractivity contribution in [3.63, 3.8) is 0 Å². The van der Waals surface area contributed by atoms with Gasteiger partial charge in [-0.15, -0.1) is 11.8 Å². The lowest BCUT2D eigenvalue weighted by molar-refractivity contribution is -0.0284. The first-order valence-corrected chi connectivity index (χ1v) is 16.6. The van der Waals surface area contributed by atoms with Crippen LogP contribution in [0.3, 0.4) is 0 Å². The number of hydrogen-bond donors (Lipinski definition) is 0. The summed E-state index contributed by atoms with van der Waals surface area (Å²) in [5.41, 5.74) is 4.35. The van der Waals surface area contributed by atoms with Crippen molar-refractivity contribution in [3.8, 4) is 5.75 Å². The van der Waals surface area contributed by atoms with Crippen LogP contribution < -0.4 is 9.64 Å². The number of methoxy groups -OCH3 is 1. The summed E-state index contributed by atoms with van der Waals surface area (Å²) in [4.78, 5) is 16.6. The van der Waals surface area contributed by atoms with E-state index in [0.717, 1.165) is 54.1 Å². The maximum Gasteiger partial charge on any atom is 0.242 e. The maximum atomic E-state index is 6.73. The molecule has 0 bridgehead atoms. The van der Waals surface area contributed by atoms with Gasteiger partial charge in [0.1, 0.15) is 10.8 Å². The first kappa shape index (κ1) is 27.8. The minimum atomic E-state index is -0.888. The second-order valence-corrected chi connectivity index (χ2v) is 13.3. The van der Waals surface area contributed by atoms with Gasteiger partial charge in [0.05, 0.1) is 18.3 Å². The van der Waals surface area contributed by atoms with Crippen LogP contribution in [-0.4, -0.2) is 17.9 Å². The Morgan fingerprint density at radius 2 is 1.53 bits per heavy atom. The number of anilines is 1. The van der Waals surface area contributed by atoms with Crippen LogP contribution in [-0.2, 0) is 10.6 Å². The Labute approximate surface area is 270 Å². The fraction of sp³-hybridized carbons (Fsp3) is 0.105. The van der Waals surface area contributed by atoms with Gasteiger partial charge in [0.2, 0.25) is 5.72 Å². The van der Waals surface area contributed by atoms with Crippen LogP contribution in [0.15, 0.2) is 159 Å². The molecule has 0 saturated heterocycles. The zero-order valence-electron chi connectivity index (χ0n) is 24.5. The van der Waals surface area contributed by atoms with E-state index in [4.69, 9.17) is 19.7 Å². The van der Waals surface area contributed by atoms with Crippen molar-refractivity contribution >= 4 is 45.9 Å². The minimum Gasteiger partial charge on any atom is -0.497 e. The Kier molecular flexibility index (Phi) is 7.20. The topological polar surface area (TPSA) is 47.0 Å². The van der Waals surface area contributed by atoms with Crippen LogP contribution in [0.2, 0.25) is 0 Å². The average Bonchev–Trinajstić information content (AvgIpc) is 3.41. The Bertz CT molecular complexity index is 2020. The molecule has 0 amide bonds. The van der Waals surface area contributed by atoms with Gasteiger partial charge in [-0.25, -0.2) is 4.98 Å². The Morgan fingerprint density at radius 1 is 0.822 bits per heavy atom. The molecule has 5 aromatic carbocycles. The minimum absolute atomic E-state index is 0.00471. The normalized spacial score (nSPS) is 18.8. The quantitative estimate of drug-likeness (QED) is 0.184. The van der Waals surface area contributed by atoms with Crippen LogP contribution in [0.5, 0.6) is 5.75 Å². The van der Waals surface area contributed by atoms with E-state index in [9.17, 15) is 0 Å². The zero-order valence-corrected chi connectivity index (χ0v) is 26.2. The molecular formula is C38H29N3O2S2. The van der Waals surface area contributed by atoms with Gasteiger partial charge in [0.15, 0.2) is 5.84 Å². The Morgan fingerprint density at radius 3 is 2.33 bits per heavy atom. The van der Waals surface area contributed by atoms with E-state index >= 15 is 0 Å². The SMILES string of the molecule is COc1ccc(C2=NOC3(c4ccccc4)CC(c4cc5ccccc5nc4Sc4ccccc4)Sc4ccccc4N23)cc1. The smallest absolute Gasteiger partial charge is 0.242 e. The fourth-order valence-electron chi connectivity index (χ4n) is 6.12. The number of amidine groups is 1. The zero-order chi connectivity index (χ0) is 30.2. The molecule has 2 unspecified atom stereocenters. The molecule has 0 aliphatic carbocycles. The van der Waals surface area contributed by atoms with E-state index in [2.05, 4.69) is 108 Å². The van der Waals surface area contributed by atoms with Crippen molar-refractivity contribution in [2.45, 2.75) is 32.2 Å². The molecule has 2 aliphatic heterocycles. The summed E-state index contributed by atoms with van der Waals surface area (Å²) in [6, 6.07) is 48.3.